The first-order chi connectivity index (χ1) is 8.24. The van der Waals surface area contributed by atoms with E-state index in [1.165, 1.54) is 12.4 Å². The molecule has 0 spiro atoms. The fourth-order valence-electron chi connectivity index (χ4n) is 1.53. The van der Waals surface area contributed by atoms with E-state index in [4.69, 9.17) is 9.47 Å². The lowest BCUT2D eigenvalue weighted by molar-refractivity contribution is 0.395. The number of ether oxygens (including phenoxy) is 2. The van der Waals surface area contributed by atoms with Crippen LogP contribution >= 0.6 is 0 Å². The highest BCUT2D eigenvalue weighted by atomic mass is 16.5. The van der Waals surface area contributed by atoms with Gasteiger partial charge in [0.1, 0.15) is 11.5 Å². The van der Waals surface area contributed by atoms with Crippen LogP contribution in [0.3, 0.4) is 0 Å². The Labute approximate surface area is 98.0 Å². The van der Waals surface area contributed by atoms with E-state index in [1.54, 1.807) is 32.4 Å². The van der Waals surface area contributed by atoms with Crippen molar-refractivity contribution < 1.29 is 9.47 Å². The average Bonchev–Trinajstić information content (AvgIpc) is 2.38. The molecule has 0 aliphatic rings. The number of aromatic amines is 1. The molecule has 0 fully saturated rings. The van der Waals surface area contributed by atoms with Crippen LogP contribution in [0.15, 0.2) is 35.4 Å². The Bertz CT molecular complexity index is 578. The van der Waals surface area contributed by atoms with Crippen molar-refractivity contribution in [1.82, 2.24) is 9.97 Å². The summed E-state index contributed by atoms with van der Waals surface area (Å²) in [5.41, 5.74) is 1.11. The lowest BCUT2D eigenvalue weighted by Gasteiger charge is -2.09. The molecule has 1 aromatic heterocycles. The molecule has 0 aliphatic heterocycles. The van der Waals surface area contributed by atoms with Crippen molar-refractivity contribution in [3.63, 3.8) is 0 Å². The summed E-state index contributed by atoms with van der Waals surface area (Å²) in [5.74, 6) is 1.30. The quantitative estimate of drug-likeness (QED) is 0.870. The molecule has 88 valence electrons. The number of aromatic nitrogens is 2. The van der Waals surface area contributed by atoms with Gasteiger partial charge in [0.05, 0.1) is 26.2 Å². The third-order valence-corrected chi connectivity index (χ3v) is 2.36. The maximum Gasteiger partial charge on any atom is 0.251 e. The number of rotatable bonds is 3. The molecule has 1 N–H and O–H groups in total. The molecule has 0 saturated carbocycles. The van der Waals surface area contributed by atoms with Gasteiger partial charge in [-0.3, -0.25) is 4.79 Å². The summed E-state index contributed by atoms with van der Waals surface area (Å²) in [7, 11) is 3.14. The van der Waals surface area contributed by atoms with E-state index in [-0.39, 0.29) is 5.56 Å². The number of hydrogen-bond acceptors (Lipinski definition) is 4. The van der Waals surface area contributed by atoms with Gasteiger partial charge >= 0.3 is 0 Å². The van der Waals surface area contributed by atoms with Gasteiger partial charge in [-0.25, -0.2) is 4.98 Å². The standard InChI is InChI=1S/C12H12N2O3/c1-16-8-3-4-9(11(5-8)17-2)10-6-12(15)14-7-13-10/h3-7H,1-2H3,(H,13,14,15). The molecule has 5 heteroatoms. The molecule has 0 amide bonds. The first kappa shape index (κ1) is 11.2. The Kier molecular flexibility index (Phi) is 3.09. The summed E-state index contributed by atoms with van der Waals surface area (Å²) in [6.07, 6.45) is 1.36. The van der Waals surface area contributed by atoms with Gasteiger partial charge in [-0.05, 0) is 12.1 Å². The van der Waals surface area contributed by atoms with E-state index in [9.17, 15) is 4.79 Å². The molecule has 0 radical (unpaired) electrons. The number of H-pyrrole nitrogens is 1. The zero-order valence-electron chi connectivity index (χ0n) is 9.56. The predicted molar refractivity (Wildman–Crippen MR) is 63.4 cm³/mol. The van der Waals surface area contributed by atoms with Crippen molar-refractivity contribution in [3.05, 3.63) is 40.9 Å². The third kappa shape index (κ3) is 2.28. The minimum Gasteiger partial charge on any atom is -0.497 e. The molecule has 2 aromatic rings. The minimum atomic E-state index is -0.201. The third-order valence-electron chi connectivity index (χ3n) is 2.36. The second-order valence-corrected chi connectivity index (χ2v) is 3.36. The number of methoxy groups -OCH3 is 2. The zero-order chi connectivity index (χ0) is 12.3. The molecular weight excluding hydrogens is 220 g/mol. The molecule has 17 heavy (non-hydrogen) atoms. The second-order valence-electron chi connectivity index (χ2n) is 3.36. The van der Waals surface area contributed by atoms with Crippen LogP contribution in [0.4, 0.5) is 0 Å². The van der Waals surface area contributed by atoms with Gasteiger partial charge in [0.2, 0.25) is 0 Å². The number of nitrogens with one attached hydrogen (secondary N) is 1. The van der Waals surface area contributed by atoms with Crippen LogP contribution in [0.5, 0.6) is 11.5 Å². The van der Waals surface area contributed by atoms with Crippen molar-refractivity contribution in [2.24, 2.45) is 0 Å². The minimum absolute atomic E-state index is 0.201. The summed E-state index contributed by atoms with van der Waals surface area (Å²) >= 11 is 0. The van der Waals surface area contributed by atoms with Crippen molar-refractivity contribution in [3.8, 4) is 22.8 Å². The summed E-state index contributed by atoms with van der Waals surface area (Å²) < 4.78 is 10.4. The molecule has 1 heterocycles. The normalized spacial score (nSPS) is 10.0. The second kappa shape index (κ2) is 4.69. The molecule has 1 aromatic carbocycles. The first-order valence-electron chi connectivity index (χ1n) is 5.01. The Morgan fingerprint density at radius 3 is 2.65 bits per heavy atom. The van der Waals surface area contributed by atoms with E-state index in [0.717, 1.165) is 5.56 Å². The van der Waals surface area contributed by atoms with Gasteiger partial charge < -0.3 is 14.5 Å². The van der Waals surface area contributed by atoms with Gasteiger partial charge in [0.15, 0.2) is 0 Å². The van der Waals surface area contributed by atoms with E-state index < -0.39 is 0 Å². The van der Waals surface area contributed by atoms with Crippen molar-refractivity contribution in [1.29, 1.82) is 0 Å². The molecule has 0 unspecified atom stereocenters. The first-order valence-corrected chi connectivity index (χ1v) is 5.01. The van der Waals surface area contributed by atoms with Crippen LogP contribution in [-0.2, 0) is 0 Å². The Morgan fingerprint density at radius 2 is 2.00 bits per heavy atom. The molecule has 0 saturated heterocycles. The van der Waals surface area contributed by atoms with Crippen LogP contribution in [0, 0.1) is 0 Å². The molecule has 5 nitrogen and oxygen atoms in total. The Morgan fingerprint density at radius 1 is 1.18 bits per heavy atom. The molecule has 0 atom stereocenters. The van der Waals surface area contributed by atoms with Gasteiger partial charge in [-0.15, -0.1) is 0 Å². The lowest BCUT2D eigenvalue weighted by Crippen LogP contribution is -2.04. The van der Waals surface area contributed by atoms with Crippen molar-refractivity contribution in [2.45, 2.75) is 0 Å². The van der Waals surface area contributed by atoms with E-state index in [1.807, 2.05) is 0 Å². The summed E-state index contributed by atoms with van der Waals surface area (Å²) in [5, 5.41) is 0. The maximum atomic E-state index is 11.2. The van der Waals surface area contributed by atoms with Crippen LogP contribution in [0.1, 0.15) is 0 Å². The molecule has 2 rings (SSSR count). The van der Waals surface area contributed by atoms with Gasteiger partial charge in [-0.1, -0.05) is 0 Å². The highest BCUT2D eigenvalue weighted by Gasteiger charge is 2.08. The van der Waals surface area contributed by atoms with Gasteiger partial charge in [-0.2, -0.15) is 0 Å². The zero-order valence-corrected chi connectivity index (χ0v) is 9.56. The topological polar surface area (TPSA) is 64.2 Å². The number of benzene rings is 1. The largest absolute Gasteiger partial charge is 0.497 e. The van der Waals surface area contributed by atoms with E-state index in [0.29, 0.717) is 17.2 Å². The van der Waals surface area contributed by atoms with E-state index >= 15 is 0 Å². The van der Waals surface area contributed by atoms with Gasteiger partial charge in [0, 0.05) is 17.7 Å². The maximum absolute atomic E-state index is 11.2. The smallest absolute Gasteiger partial charge is 0.251 e. The molecular formula is C12H12N2O3. The number of hydrogen-bond donors (Lipinski definition) is 1. The molecule has 0 bridgehead atoms. The number of nitrogens with zero attached hydrogens (tertiary/aromatic N) is 1. The van der Waals surface area contributed by atoms with Crippen LogP contribution in [-0.4, -0.2) is 24.2 Å². The predicted octanol–water partition coefficient (Wildman–Crippen LogP) is 1.45. The fourth-order valence-corrected chi connectivity index (χ4v) is 1.53. The van der Waals surface area contributed by atoms with Crippen LogP contribution in [0.25, 0.3) is 11.3 Å². The van der Waals surface area contributed by atoms with Crippen molar-refractivity contribution in [2.75, 3.05) is 14.2 Å². The summed E-state index contributed by atoms with van der Waals surface area (Å²) in [6, 6.07) is 6.77. The average molecular weight is 232 g/mol. The highest BCUT2D eigenvalue weighted by Crippen LogP contribution is 2.31. The Balaban J connectivity index is 2.55. The van der Waals surface area contributed by atoms with E-state index in [2.05, 4.69) is 9.97 Å². The lowest BCUT2D eigenvalue weighted by atomic mass is 10.1. The summed E-state index contributed by atoms with van der Waals surface area (Å²) in [4.78, 5) is 17.8. The Hall–Kier alpha value is -2.30. The van der Waals surface area contributed by atoms with Crippen LogP contribution < -0.4 is 15.0 Å². The monoisotopic (exact) mass is 232 g/mol. The fraction of sp³-hybridized carbons (Fsp3) is 0.167. The van der Waals surface area contributed by atoms with Crippen LogP contribution in [0.2, 0.25) is 0 Å². The molecule has 0 aliphatic carbocycles. The SMILES string of the molecule is COc1ccc(-c2cc(=O)[nH]cn2)c(OC)c1. The highest BCUT2D eigenvalue weighted by molar-refractivity contribution is 5.68. The van der Waals surface area contributed by atoms with Crippen molar-refractivity contribution >= 4 is 0 Å². The van der Waals surface area contributed by atoms with Gasteiger partial charge in [0.25, 0.3) is 5.56 Å². The summed E-state index contributed by atoms with van der Waals surface area (Å²) in [6.45, 7) is 0.